The molecule has 0 aromatic heterocycles. The molecular formula is C27H34N4O3S. The molecule has 4 aliphatic rings. The summed E-state index contributed by atoms with van der Waals surface area (Å²) in [7, 11) is 0. The second-order valence-electron chi connectivity index (χ2n) is 9.98. The van der Waals surface area contributed by atoms with Gasteiger partial charge in [0.25, 0.3) is 0 Å². The first-order valence-electron chi connectivity index (χ1n) is 12.7. The molecule has 0 saturated carbocycles. The summed E-state index contributed by atoms with van der Waals surface area (Å²) >= 11 is 1.69. The van der Waals surface area contributed by atoms with Crippen LogP contribution in [0.15, 0.2) is 47.5 Å². The molecule has 3 aliphatic heterocycles. The summed E-state index contributed by atoms with van der Waals surface area (Å²) in [6.45, 7) is 4.51. The van der Waals surface area contributed by atoms with Crippen LogP contribution in [0.4, 0.5) is 5.69 Å². The topological polar surface area (TPSA) is 94.0 Å². The molecule has 5 rings (SSSR count). The molecule has 3 N–H and O–H groups in total. The molecular weight excluding hydrogens is 460 g/mol. The SMILES string of the molecule is CC[C@H](C)CC(=O)N[C@H]1CCc2cccc3c2N(C1O)[C@H](C(=O)NCC1=NC2C=CC=CC2S1)C3. The number of allylic oxidation sites excluding steroid dienone is 2. The number of aliphatic hydroxyl groups excluding tert-OH is 1. The van der Waals surface area contributed by atoms with Gasteiger partial charge in [-0.05, 0) is 29.9 Å². The Kier molecular flexibility index (Phi) is 7.02. The van der Waals surface area contributed by atoms with E-state index >= 15 is 0 Å². The third kappa shape index (κ3) is 4.91. The van der Waals surface area contributed by atoms with Gasteiger partial charge in [-0.2, -0.15) is 0 Å². The molecule has 1 aromatic rings. The zero-order valence-corrected chi connectivity index (χ0v) is 21.1. The van der Waals surface area contributed by atoms with E-state index in [1.807, 2.05) is 29.2 Å². The largest absolute Gasteiger partial charge is 0.371 e. The minimum absolute atomic E-state index is 0.0457. The van der Waals surface area contributed by atoms with Crippen LogP contribution in [0, 0.1) is 5.92 Å². The monoisotopic (exact) mass is 494 g/mol. The Morgan fingerprint density at radius 1 is 1.26 bits per heavy atom. The van der Waals surface area contributed by atoms with Crippen molar-refractivity contribution in [3.05, 3.63) is 53.6 Å². The zero-order chi connectivity index (χ0) is 24.5. The molecule has 0 bridgehead atoms. The maximum Gasteiger partial charge on any atom is 0.243 e. The van der Waals surface area contributed by atoms with Crippen LogP contribution in [-0.2, 0) is 22.4 Å². The number of benzene rings is 1. The van der Waals surface area contributed by atoms with Crippen LogP contribution >= 0.6 is 11.8 Å². The lowest BCUT2D eigenvalue weighted by Gasteiger charge is -2.35. The van der Waals surface area contributed by atoms with Crippen LogP contribution in [0.2, 0.25) is 0 Å². The summed E-state index contributed by atoms with van der Waals surface area (Å²) in [5, 5.41) is 18.8. The smallest absolute Gasteiger partial charge is 0.243 e. The lowest BCUT2D eigenvalue weighted by Crippen LogP contribution is -2.57. The number of nitrogens with zero attached hydrogens (tertiary/aromatic N) is 2. The van der Waals surface area contributed by atoms with Crippen molar-refractivity contribution in [2.75, 3.05) is 11.4 Å². The number of hydrogen-bond acceptors (Lipinski definition) is 6. The highest BCUT2D eigenvalue weighted by molar-refractivity contribution is 8.15. The van der Waals surface area contributed by atoms with Crippen molar-refractivity contribution in [3.63, 3.8) is 0 Å². The average Bonchev–Trinajstić information content (AvgIpc) is 3.42. The molecule has 6 atom stereocenters. The number of aryl methyl sites for hydroxylation is 1. The lowest BCUT2D eigenvalue weighted by atomic mass is 10.0. The van der Waals surface area contributed by atoms with Gasteiger partial charge >= 0.3 is 0 Å². The van der Waals surface area contributed by atoms with E-state index in [2.05, 4.69) is 42.7 Å². The number of hydrogen-bond donors (Lipinski definition) is 3. The number of aliphatic imine (C=N–C) groups is 1. The molecule has 1 aromatic carbocycles. The minimum atomic E-state index is -0.965. The third-order valence-corrected chi connectivity index (χ3v) is 8.73. The number of fused-ring (bicyclic) bond motifs is 1. The predicted molar refractivity (Wildman–Crippen MR) is 141 cm³/mol. The standard InChI is InChI=1S/C27H34N4O3S/c1-3-16(2)13-23(32)29-20-12-11-17-7-6-8-18-14-21(31(25(17)18)27(20)34)26(33)28-15-24-30-19-9-4-5-10-22(19)35-24/h4-10,16,19-22,27,34H,3,11-15H2,1-2H3,(H,28,33)(H,29,32)/t16-,19?,20-,21-,22?,27?/m0/s1. The fourth-order valence-electron chi connectivity index (χ4n) is 5.39. The van der Waals surface area contributed by atoms with Gasteiger partial charge in [-0.1, -0.05) is 74.5 Å². The van der Waals surface area contributed by atoms with Crippen molar-refractivity contribution in [2.24, 2.45) is 10.9 Å². The van der Waals surface area contributed by atoms with Crippen molar-refractivity contribution < 1.29 is 14.7 Å². The Morgan fingerprint density at radius 2 is 2.06 bits per heavy atom. The molecule has 186 valence electrons. The Labute approximate surface area is 211 Å². The lowest BCUT2D eigenvalue weighted by molar-refractivity contribution is -0.123. The van der Waals surface area contributed by atoms with E-state index in [0.29, 0.717) is 37.0 Å². The molecule has 0 fully saturated rings. The second kappa shape index (κ2) is 10.2. The number of anilines is 1. The number of thioether (sulfide) groups is 1. The van der Waals surface area contributed by atoms with E-state index in [0.717, 1.165) is 34.7 Å². The van der Waals surface area contributed by atoms with Gasteiger partial charge < -0.3 is 20.6 Å². The molecule has 35 heavy (non-hydrogen) atoms. The fraction of sp³-hybridized carbons (Fsp3) is 0.519. The normalized spacial score (nSPS) is 29.2. The maximum atomic E-state index is 13.4. The van der Waals surface area contributed by atoms with E-state index in [-0.39, 0.29) is 17.9 Å². The number of nitrogens with one attached hydrogen (secondary N) is 2. The van der Waals surface area contributed by atoms with Gasteiger partial charge in [-0.25, -0.2) is 0 Å². The van der Waals surface area contributed by atoms with Gasteiger partial charge in [0.2, 0.25) is 11.8 Å². The summed E-state index contributed by atoms with van der Waals surface area (Å²) in [4.78, 5) is 32.6. The van der Waals surface area contributed by atoms with Crippen molar-refractivity contribution in [3.8, 4) is 0 Å². The maximum absolute atomic E-state index is 13.4. The van der Waals surface area contributed by atoms with E-state index in [4.69, 9.17) is 4.99 Å². The second-order valence-corrected chi connectivity index (χ2v) is 11.2. The van der Waals surface area contributed by atoms with Gasteiger partial charge in [-0.15, -0.1) is 0 Å². The van der Waals surface area contributed by atoms with Crippen LogP contribution in [0.1, 0.15) is 44.2 Å². The number of amides is 2. The molecule has 1 aliphatic carbocycles. The zero-order valence-electron chi connectivity index (χ0n) is 20.3. The summed E-state index contributed by atoms with van der Waals surface area (Å²) < 4.78 is 0. The van der Waals surface area contributed by atoms with Crippen LogP contribution in [0.25, 0.3) is 0 Å². The first kappa shape index (κ1) is 24.1. The molecule has 3 unspecified atom stereocenters. The van der Waals surface area contributed by atoms with Gasteiger partial charge in [0.1, 0.15) is 12.3 Å². The van der Waals surface area contributed by atoms with Crippen LogP contribution < -0.4 is 15.5 Å². The van der Waals surface area contributed by atoms with Crippen molar-refractivity contribution in [1.29, 1.82) is 0 Å². The summed E-state index contributed by atoms with van der Waals surface area (Å²) in [5.74, 6) is 0.121. The highest BCUT2D eigenvalue weighted by atomic mass is 32.2. The van der Waals surface area contributed by atoms with Crippen LogP contribution in [0.3, 0.4) is 0 Å². The van der Waals surface area contributed by atoms with Gasteiger partial charge in [-0.3, -0.25) is 14.6 Å². The van der Waals surface area contributed by atoms with Gasteiger partial charge in [0, 0.05) is 18.5 Å². The molecule has 3 heterocycles. The van der Waals surface area contributed by atoms with Crippen molar-refractivity contribution in [1.82, 2.24) is 10.6 Å². The Morgan fingerprint density at radius 3 is 2.86 bits per heavy atom. The Bertz CT molecular complexity index is 1080. The average molecular weight is 495 g/mol. The number of carbonyl (C=O) groups is 2. The summed E-state index contributed by atoms with van der Waals surface area (Å²) in [5.41, 5.74) is 3.14. The van der Waals surface area contributed by atoms with E-state index in [1.54, 1.807) is 11.8 Å². The van der Waals surface area contributed by atoms with Crippen LogP contribution in [0.5, 0.6) is 0 Å². The number of rotatable bonds is 7. The quantitative estimate of drug-likeness (QED) is 0.542. The molecule has 2 amide bonds. The highest BCUT2D eigenvalue weighted by Crippen LogP contribution is 2.40. The first-order valence-corrected chi connectivity index (χ1v) is 13.5. The highest BCUT2D eigenvalue weighted by Gasteiger charge is 2.44. The van der Waals surface area contributed by atoms with Crippen LogP contribution in [-0.4, -0.2) is 58.1 Å². The van der Waals surface area contributed by atoms with Crippen molar-refractivity contribution >= 4 is 34.3 Å². The summed E-state index contributed by atoms with van der Waals surface area (Å²) in [6.07, 6.45) is 10.6. The Balaban J connectivity index is 1.30. The van der Waals surface area contributed by atoms with E-state index in [9.17, 15) is 14.7 Å². The van der Waals surface area contributed by atoms with Crippen molar-refractivity contribution in [2.45, 2.75) is 75.6 Å². The predicted octanol–water partition coefficient (Wildman–Crippen LogP) is 2.73. The fourth-order valence-corrected chi connectivity index (χ4v) is 6.50. The molecule has 0 saturated heterocycles. The molecule has 8 heteroatoms. The van der Waals surface area contributed by atoms with Gasteiger partial charge in [0.15, 0.2) is 0 Å². The number of para-hydroxylation sites is 1. The number of aliphatic hydroxyl groups is 1. The van der Waals surface area contributed by atoms with E-state index in [1.165, 1.54) is 0 Å². The number of carbonyl (C=O) groups excluding carboxylic acids is 2. The molecule has 7 nitrogen and oxygen atoms in total. The molecule has 0 radical (unpaired) electrons. The van der Waals surface area contributed by atoms with E-state index < -0.39 is 18.3 Å². The Hall–Kier alpha value is -2.58. The minimum Gasteiger partial charge on any atom is -0.371 e. The summed E-state index contributed by atoms with van der Waals surface area (Å²) in [6, 6.07) is 5.30. The first-order chi connectivity index (χ1) is 16.9. The molecule has 0 spiro atoms. The van der Waals surface area contributed by atoms with Gasteiger partial charge in [0.05, 0.1) is 28.9 Å². The third-order valence-electron chi connectivity index (χ3n) is 7.50.